The third-order valence-electron chi connectivity index (χ3n) is 4.98. The zero-order valence-electron chi connectivity index (χ0n) is 17.6. The molecular formula is C21H25FN4O6. The van der Waals surface area contributed by atoms with E-state index in [9.17, 15) is 14.0 Å². The molecule has 0 atom stereocenters. The second kappa shape index (κ2) is 10.7. The molecular weight excluding hydrogens is 423 g/mol. The maximum absolute atomic E-state index is 14.5. The number of nitrogens with one attached hydrogen (secondary N) is 1. The number of aromatic nitrogens is 2. The van der Waals surface area contributed by atoms with E-state index >= 15 is 0 Å². The summed E-state index contributed by atoms with van der Waals surface area (Å²) in [4.78, 5) is 32.3. The first kappa shape index (κ1) is 23.2. The number of piperidine rings is 1. The number of aliphatic hydroxyl groups is 1. The SMILES string of the molecule is Cc1c(Oc2ccc(CC(=O)NCCO)cc2F)ncnc1OC1CCN(C(=O)O)CC1. The molecule has 32 heavy (non-hydrogen) atoms. The number of ether oxygens (including phenoxy) is 2. The van der Waals surface area contributed by atoms with Crippen molar-refractivity contribution < 1.29 is 33.7 Å². The van der Waals surface area contributed by atoms with Crippen LogP contribution in [-0.4, -0.2) is 69.4 Å². The van der Waals surface area contributed by atoms with E-state index in [-0.39, 0.29) is 43.2 Å². The molecule has 1 aliphatic rings. The molecule has 2 heterocycles. The average molecular weight is 448 g/mol. The van der Waals surface area contributed by atoms with E-state index in [0.29, 0.717) is 42.9 Å². The minimum absolute atomic E-state index is 0.0254. The van der Waals surface area contributed by atoms with Crippen molar-refractivity contribution in [1.29, 1.82) is 0 Å². The van der Waals surface area contributed by atoms with Crippen LogP contribution in [0.3, 0.4) is 0 Å². The first-order chi connectivity index (χ1) is 15.4. The predicted octanol–water partition coefficient (Wildman–Crippen LogP) is 1.89. The molecule has 0 saturated carbocycles. The number of likely N-dealkylation sites (tertiary alicyclic amines) is 1. The Morgan fingerprint density at radius 2 is 1.97 bits per heavy atom. The third-order valence-corrected chi connectivity index (χ3v) is 4.98. The number of carbonyl (C=O) groups is 2. The average Bonchev–Trinajstić information content (AvgIpc) is 2.77. The Labute approximate surface area is 184 Å². The fourth-order valence-corrected chi connectivity index (χ4v) is 3.25. The standard InChI is InChI=1S/C21H25FN4O6/c1-13-19(31-15-4-7-26(8-5-15)21(29)30)24-12-25-20(13)32-17-3-2-14(10-16(17)22)11-18(28)23-6-9-27/h2-3,10,12,15,27H,4-9,11H2,1H3,(H,23,28)(H,29,30). The molecule has 0 radical (unpaired) electrons. The number of hydrogen-bond acceptors (Lipinski definition) is 7. The second-order valence-electron chi connectivity index (χ2n) is 7.31. The zero-order chi connectivity index (χ0) is 23.1. The molecule has 10 nitrogen and oxygen atoms in total. The van der Waals surface area contributed by atoms with E-state index < -0.39 is 11.9 Å². The Hall–Kier alpha value is -3.47. The number of nitrogens with zero attached hydrogens (tertiary/aromatic N) is 3. The first-order valence-electron chi connectivity index (χ1n) is 10.2. The van der Waals surface area contributed by atoms with Gasteiger partial charge in [0.2, 0.25) is 17.7 Å². The van der Waals surface area contributed by atoms with Crippen LogP contribution in [0.1, 0.15) is 24.0 Å². The Morgan fingerprint density at radius 3 is 2.62 bits per heavy atom. The van der Waals surface area contributed by atoms with E-state index in [1.54, 1.807) is 13.0 Å². The van der Waals surface area contributed by atoms with Crippen molar-refractivity contribution in [1.82, 2.24) is 20.2 Å². The number of carboxylic acid groups (broad SMARTS) is 1. The molecule has 0 bridgehead atoms. The maximum atomic E-state index is 14.5. The van der Waals surface area contributed by atoms with Gasteiger partial charge >= 0.3 is 6.09 Å². The predicted molar refractivity (Wildman–Crippen MR) is 110 cm³/mol. The van der Waals surface area contributed by atoms with Crippen molar-refractivity contribution >= 4 is 12.0 Å². The number of carbonyl (C=O) groups excluding carboxylic acids is 1. The lowest BCUT2D eigenvalue weighted by atomic mass is 10.1. The van der Waals surface area contributed by atoms with Crippen molar-refractivity contribution in [2.24, 2.45) is 0 Å². The molecule has 3 N–H and O–H groups in total. The van der Waals surface area contributed by atoms with Crippen LogP contribution in [0.4, 0.5) is 9.18 Å². The lowest BCUT2D eigenvalue weighted by Crippen LogP contribution is -2.41. The molecule has 3 rings (SSSR count). The monoisotopic (exact) mass is 448 g/mol. The second-order valence-corrected chi connectivity index (χ2v) is 7.31. The fourth-order valence-electron chi connectivity index (χ4n) is 3.25. The van der Waals surface area contributed by atoms with Gasteiger partial charge in [0.1, 0.15) is 12.4 Å². The van der Waals surface area contributed by atoms with E-state index in [0.717, 1.165) is 0 Å². The van der Waals surface area contributed by atoms with Gasteiger partial charge in [-0.1, -0.05) is 6.07 Å². The first-order valence-corrected chi connectivity index (χ1v) is 10.2. The van der Waals surface area contributed by atoms with Crippen LogP contribution in [0.15, 0.2) is 24.5 Å². The van der Waals surface area contributed by atoms with Crippen LogP contribution in [-0.2, 0) is 11.2 Å². The molecule has 0 aliphatic carbocycles. The van der Waals surface area contributed by atoms with Gasteiger partial charge in [-0.2, -0.15) is 0 Å². The summed E-state index contributed by atoms with van der Waals surface area (Å²) >= 11 is 0. The van der Waals surface area contributed by atoms with Gasteiger partial charge in [0.15, 0.2) is 11.6 Å². The Morgan fingerprint density at radius 1 is 1.25 bits per heavy atom. The fraction of sp³-hybridized carbons (Fsp3) is 0.429. The Bertz CT molecular complexity index is 965. The summed E-state index contributed by atoms with van der Waals surface area (Å²) in [5.41, 5.74) is 0.946. The van der Waals surface area contributed by atoms with Crippen LogP contribution in [0.2, 0.25) is 0 Å². The maximum Gasteiger partial charge on any atom is 0.407 e. The Kier molecular flexibility index (Phi) is 7.77. The highest BCUT2D eigenvalue weighted by Gasteiger charge is 2.25. The lowest BCUT2D eigenvalue weighted by Gasteiger charge is -2.30. The molecule has 11 heteroatoms. The number of benzene rings is 1. The number of halogens is 1. The van der Waals surface area contributed by atoms with Crippen LogP contribution in [0, 0.1) is 12.7 Å². The quantitative estimate of drug-likeness (QED) is 0.557. The normalized spacial score (nSPS) is 14.2. The number of hydrogen-bond donors (Lipinski definition) is 3. The third kappa shape index (κ3) is 6.03. The smallest absolute Gasteiger partial charge is 0.407 e. The highest BCUT2D eigenvalue weighted by molar-refractivity contribution is 5.78. The van der Waals surface area contributed by atoms with Gasteiger partial charge < -0.3 is 29.9 Å². The summed E-state index contributed by atoms with van der Waals surface area (Å²) in [6, 6.07) is 4.19. The number of aliphatic hydroxyl groups excluding tert-OH is 1. The lowest BCUT2D eigenvalue weighted by molar-refractivity contribution is -0.120. The van der Waals surface area contributed by atoms with Crippen LogP contribution >= 0.6 is 0 Å². The highest BCUT2D eigenvalue weighted by atomic mass is 19.1. The van der Waals surface area contributed by atoms with Crippen LogP contribution < -0.4 is 14.8 Å². The van der Waals surface area contributed by atoms with Gasteiger partial charge in [0, 0.05) is 32.5 Å². The molecule has 1 aromatic carbocycles. The van der Waals surface area contributed by atoms with Crippen molar-refractivity contribution in [3.8, 4) is 17.5 Å². The van der Waals surface area contributed by atoms with E-state index in [1.165, 1.54) is 23.4 Å². The van der Waals surface area contributed by atoms with Gasteiger partial charge in [-0.15, -0.1) is 0 Å². The molecule has 1 saturated heterocycles. The van der Waals surface area contributed by atoms with Gasteiger partial charge in [0.25, 0.3) is 0 Å². The van der Waals surface area contributed by atoms with Gasteiger partial charge in [-0.25, -0.2) is 19.2 Å². The molecule has 2 aromatic rings. The van der Waals surface area contributed by atoms with E-state index in [2.05, 4.69) is 15.3 Å². The van der Waals surface area contributed by atoms with Gasteiger partial charge in [0.05, 0.1) is 18.6 Å². The topological polar surface area (TPSA) is 134 Å². The minimum Gasteiger partial charge on any atom is -0.474 e. The van der Waals surface area contributed by atoms with Gasteiger partial charge in [-0.3, -0.25) is 4.79 Å². The molecule has 0 unspecified atom stereocenters. The molecule has 1 aliphatic heterocycles. The largest absolute Gasteiger partial charge is 0.474 e. The molecule has 2 amide bonds. The van der Waals surface area contributed by atoms with Crippen LogP contribution in [0.5, 0.6) is 17.5 Å². The summed E-state index contributed by atoms with van der Waals surface area (Å²) in [5.74, 6) is -0.618. The van der Waals surface area contributed by atoms with E-state index in [4.69, 9.17) is 19.7 Å². The number of amides is 2. The summed E-state index contributed by atoms with van der Waals surface area (Å²) < 4.78 is 26.0. The molecule has 172 valence electrons. The summed E-state index contributed by atoms with van der Waals surface area (Å²) in [6.45, 7) is 2.41. The molecule has 1 fully saturated rings. The minimum atomic E-state index is -0.948. The van der Waals surface area contributed by atoms with Crippen molar-refractivity contribution in [2.75, 3.05) is 26.2 Å². The summed E-state index contributed by atoms with van der Waals surface area (Å²) in [5, 5.41) is 20.3. The summed E-state index contributed by atoms with van der Waals surface area (Å²) in [7, 11) is 0. The van der Waals surface area contributed by atoms with Crippen molar-refractivity contribution in [3.63, 3.8) is 0 Å². The summed E-state index contributed by atoms with van der Waals surface area (Å²) in [6.07, 6.45) is 1.16. The van der Waals surface area contributed by atoms with Crippen LogP contribution in [0.25, 0.3) is 0 Å². The highest BCUT2D eigenvalue weighted by Crippen LogP contribution is 2.30. The number of rotatable bonds is 8. The molecule has 0 spiro atoms. The van der Waals surface area contributed by atoms with Gasteiger partial charge in [-0.05, 0) is 24.6 Å². The van der Waals surface area contributed by atoms with E-state index in [1.807, 2.05) is 0 Å². The zero-order valence-corrected chi connectivity index (χ0v) is 17.6. The van der Waals surface area contributed by atoms with Crippen molar-refractivity contribution in [2.45, 2.75) is 32.3 Å². The molecule has 1 aromatic heterocycles. The van der Waals surface area contributed by atoms with Crippen molar-refractivity contribution in [3.05, 3.63) is 41.5 Å². The Balaban J connectivity index is 1.64.